The number of aromatic nitrogens is 1. The first kappa shape index (κ1) is 25.2. The normalized spacial score (nSPS) is 16.7. The van der Waals surface area contributed by atoms with Crippen molar-refractivity contribution in [3.63, 3.8) is 0 Å². The van der Waals surface area contributed by atoms with Crippen molar-refractivity contribution < 1.29 is 19.1 Å². The second-order valence-corrected chi connectivity index (χ2v) is 9.45. The summed E-state index contributed by atoms with van der Waals surface area (Å²) < 4.78 is 14.3. The quantitative estimate of drug-likeness (QED) is 0.219. The summed E-state index contributed by atoms with van der Waals surface area (Å²) in [5.74, 6) is -0.326. The van der Waals surface area contributed by atoms with Gasteiger partial charge in [0.05, 0.1) is 5.69 Å². The summed E-state index contributed by atoms with van der Waals surface area (Å²) in [6.07, 6.45) is 1.99. The minimum atomic E-state index is -0.602. The van der Waals surface area contributed by atoms with E-state index in [-0.39, 0.29) is 12.5 Å². The molecule has 188 valence electrons. The second kappa shape index (κ2) is 11.3. The van der Waals surface area contributed by atoms with Gasteiger partial charge in [-0.15, -0.1) is 0 Å². The van der Waals surface area contributed by atoms with Crippen LogP contribution in [-0.4, -0.2) is 28.3 Å². The molecular weight excluding hydrogens is 511 g/mol. The number of carbonyl (C=O) groups is 2. The summed E-state index contributed by atoms with van der Waals surface area (Å²) in [5, 5.41) is 1.07. The fourth-order valence-corrected chi connectivity index (χ4v) is 4.88. The lowest BCUT2D eigenvalue weighted by atomic mass is 10.0. The number of halogens is 2. The SMILES string of the molecule is O=CN(CCCn1ccc(-c2ccc(Cl)cc2Cl)c1C1OC(c2ccccc2)O1)C(=O)c1ccccc1. The van der Waals surface area contributed by atoms with Crippen LogP contribution in [0.3, 0.4) is 0 Å². The van der Waals surface area contributed by atoms with Crippen LogP contribution in [0.2, 0.25) is 10.0 Å². The molecule has 0 radical (unpaired) electrons. The number of hydrogen-bond acceptors (Lipinski definition) is 4. The van der Waals surface area contributed by atoms with Crippen molar-refractivity contribution in [2.45, 2.75) is 25.5 Å². The molecule has 1 aliphatic rings. The van der Waals surface area contributed by atoms with E-state index in [4.69, 9.17) is 32.7 Å². The highest BCUT2D eigenvalue weighted by molar-refractivity contribution is 6.36. The molecule has 0 saturated carbocycles. The first-order valence-electron chi connectivity index (χ1n) is 11.9. The highest BCUT2D eigenvalue weighted by atomic mass is 35.5. The summed E-state index contributed by atoms with van der Waals surface area (Å²) in [5.41, 5.74) is 3.89. The van der Waals surface area contributed by atoms with Crippen LogP contribution in [0.1, 0.15) is 40.6 Å². The first-order chi connectivity index (χ1) is 18.0. The maximum absolute atomic E-state index is 12.7. The van der Waals surface area contributed by atoms with E-state index in [1.165, 1.54) is 4.90 Å². The molecular formula is C29H24Cl2N2O4. The van der Waals surface area contributed by atoms with E-state index in [1.807, 2.05) is 59.3 Å². The lowest BCUT2D eigenvalue weighted by molar-refractivity contribution is -0.399. The number of rotatable bonds is 9. The smallest absolute Gasteiger partial charge is 0.260 e. The van der Waals surface area contributed by atoms with Crippen molar-refractivity contribution in [2.75, 3.05) is 6.54 Å². The molecule has 0 spiro atoms. The van der Waals surface area contributed by atoms with Crippen LogP contribution in [0, 0.1) is 0 Å². The molecule has 0 unspecified atom stereocenters. The van der Waals surface area contributed by atoms with E-state index in [0.717, 1.165) is 22.4 Å². The van der Waals surface area contributed by atoms with Crippen molar-refractivity contribution >= 4 is 35.5 Å². The van der Waals surface area contributed by atoms with Gasteiger partial charge in [-0.3, -0.25) is 14.5 Å². The molecule has 3 aromatic carbocycles. The lowest BCUT2D eigenvalue weighted by Crippen LogP contribution is -2.32. The molecule has 4 aromatic rings. The third kappa shape index (κ3) is 5.48. The predicted octanol–water partition coefficient (Wildman–Crippen LogP) is 6.90. The van der Waals surface area contributed by atoms with Crippen molar-refractivity contribution in [2.24, 2.45) is 0 Å². The molecule has 1 saturated heterocycles. The van der Waals surface area contributed by atoms with Gasteiger partial charge in [0.1, 0.15) is 0 Å². The van der Waals surface area contributed by atoms with E-state index < -0.39 is 12.6 Å². The van der Waals surface area contributed by atoms with Gasteiger partial charge in [0, 0.05) is 51.6 Å². The number of imide groups is 1. The van der Waals surface area contributed by atoms with E-state index in [0.29, 0.717) is 35.0 Å². The van der Waals surface area contributed by atoms with Crippen LogP contribution in [-0.2, 0) is 20.8 Å². The Hall–Kier alpha value is -3.42. The fourth-order valence-electron chi connectivity index (χ4n) is 4.37. The largest absolute Gasteiger partial charge is 0.347 e. The van der Waals surface area contributed by atoms with Gasteiger partial charge in [0.15, 0.2) is 6.29 Å². The fraction of sp³-hybridized carbons (Fsp3) is 0.172. The Morgan fingerprint density at radius 1 is 0.892 bits per heavy atom. The maximum atomic E-state index is 12.7. The van der Waals surface area contributed by atoms with E-state index in [2.05, 4.69) is 0 Å². The molecule has 1 aliphatic heterocycles. The zero-order chi connectivity index (χ0) is 25.8. The number of carbonyl (C=O) groups excluding carboxylic acids is 2. The van der Waals surface area contributed by atoms with Gasteiger partial charge in [-0.25, -0.2) is 0 Å². The zero-order valence-electron chi connectivity index (χ0n) is 19.8. The van der Waals surface area contributed by atoms with Gasteiger partial charge in [0.25, 0.3) is 5.91 Å². The monoisotopic (exact) mass is 534 g/mol. The topological polar surface area (TPSA) is 60.8 Å². The minimum Gasteiger partial charge on any atom is -0.347 e. The zero-order valence-corrected chi connectivity index (χ0v) is 21.3. The molecule has 2 amide bonds. The number of amides is 2. The first-order valence-corrected chi connectivity index (χ1v) is 12.6. The molecule has 2 heterocycles. The van der Waals surface area contributed by atoms with E-state index >= 15 is 0 Å². The van der Waals surface area contributed by atoms with Crippen LogP contribution < -0.4 is 0 Å². The molecule has 5 rings (SSSR count). The van der Waals surface area contributed by atoms with Crippen LogP contribution in [0.4, 0.5) is 0 Å². The Balaban J connectivity index is 1.35. The highest BCUT2D eigenvalue weighted by Crippen LogP contribution is 2.46. The third-order valence-corrected chi connectivity index (χ3v) is 6.77. The van der Waals surface area contributed by atoms with Gasteiger partial charge in [0.2, 0.25) is 12.7 Å². The summed E-state index contributed by atoms with van der Waals surface area (Å²) in [7, 11) is 0. The van der Waals surface area contributed by atoms with Crippen LogP contribution >= 0.6 is 23.2 Å². The van der Waals surface area contributed by atoms with Crippen molar-refractivity contribution in [1.29, 1.82) is 0 Å². The second-order valence-electron chi connectivity index (χ2n) is 8.60. The molecule has 8 heteroatoms. The Morgan fingerprint density at radius 2 is 1.59 bits per heavy atom. The Morgan fingerprint density at radius 3 is 2.27 bits per heavy atom. The number of hydrogen-bond donors (Lipinski definition) is 0. The van der Waals surface area contributed by atoms with Gasteiger partial charge in [-0.05, 0) is 36.8 Å². The van der Waals surface area contributed by atoms with Gasteiger partial charge >= 0.3 is 0 Å². The molecule has 1 fully saturated rings. The predicted molar refractivity (Wildman–Crippen MR) is 142 cm³/mol. The van der Waals surface area contributed by atoms with Crippen LogP contribution in [0.15, 0.2) is 91.1 Å². The summed E-state index contributed by atoms with van der Waals surface area (Å²) in [6.45, 7) is 0.803. The molecule has 0 aliphatic carbocycles. The Labute approximate surface area is 224 Å². The number of benzene rings is 3. The van der Waals surface area contributed by atoms with Crippen LogP contribution in [0.5, 0.6) is 0 Å². The molecule has 1 aromatic heterocycles. The summed E-state index contributed by atoms with van der Waals surface area (Å²) in [4.78, 5) is 25.5. The van der Waals surface area contributed by atoms with E-state index in [9.17, 15) is 9.59 Å². The van der Waals surface area contributed by atoms with Gasteiger partial charge in [-0.1, -0.05) is 77.8 Å². The number of aryl methyl sites for hydroxylation is 1. The number of nitrogens with zero attached hydrogens (tertiary/aromatic N) is 2. The highest BCUT2D eigenvalue weighted by Gasteiger charge is 2.37. The standard InChI is InChI=1S/C29H24Cl2N2O4/c30-22-12-13-23(25(31)18-22)24-14-17-32(26(24)29-36-28(37-29)21-10-5-2-6-11-21)15-7-16-33(19-34)27(35)20-8-3-1-4-9-20/h1-6,8-14,17-19,28-29H,7,15-16H2. The van der Waals surface area contributed by atoms with Gasteiger partial charge < -0.3 is 14.0 Å². The van der Waals surface area contributed by atoms with Gasteiger partial charge in [-0.2, -0.15) is 0 Å². The Kier molecular flexibility index (Phi) is 7.72. The molecule has 0 bridgehead atoms. The molecule has 0 atom stereocenters. The minimum absolute atomic E-state index is 0.269. The van der Waals surface area contributed by atoms with Crippen molar-refractivity contribution in [3.05, 3.63) is 118 Å². The molecule has 6 nitrogen and oxygen atoms in total. The summed E-state index contributed by atoms with van der Waals surface area (Å²) >= 11 is 12.7. The third-order valence-electron chi connectivity index (χ3n) is 6.22. The average molecular weight is 535 g/mol. The maximum Gasteiger partial charge on any atom is 0.260 e. The van der Waals surface area contributed by atoms with Crippen LogP contribution in [0.25, 0.3) is 11.1 Å². The lowest BCUT2D eigenvalue weighted by Gasteiger charge is -2.37. The Bertz CT molecular complexity index is 1390. The van der Waals surface area contributed by atoms with Crippen molar-refractivity contribution in [3.8, 4) is 11.1 Å². The average Bonchev–Trinajstić information content (AvgIpc) is 3.29. The van der Waals surface area contributed by atoms with E-state index in [1.54, 1.807) is 36.4 Å². The van der Waals surface area contributed by atoms with Crippen molar-refractivity contribution in [1.82, 2.24) is 9.47 Å². The summed E-state index contributed by atoms with van der Waals surface area (Å²) in [6, 6.07) is 25.8. The number of ether oxygens (including phenoxy) is 2. The molecule has 0 N–H and O–H groups in total. The molecule has 37 heavy (non-hydrogen) atoms.